The van der Waals surface area contributed by atoms with Gasteiger partial charge in [0.1, 0.15) is 11.4 Å². The van der Waals surface area contributed by atoms with Gasteiger partial charge in [-0.05, 0) is 30.3 Å². The van der Waals surface area contributed by atoms with Crippen molar-refractivity contribution in [3.63, 3.8) is 0 Å². The highest BCUT2D eigenvalue weighted by atomic mass is 16.5. The Morgan fingerprint density at radius 3 is 2.50 bits per heavy atom. The molecule has 0 aliphatic carbocycles. The minimum atomic E-state index is 0.561. The van der Waals surface area contributed by atoms with E-state index in [1.54, 1.807) is 24.9 Å². The van der Waals surface area contributed by atoms with Gasteiger partial charge in [0.05, 0.1) is 12.8 Å². The minimum Gasteiger partial charge on any atom is -0.497 e. The molecule has 4 nitrogen and oxygen atoms in total. The van der Waals surface area contributed by atoms with Crippen molar-refractivity contribution in [2.45, 2.75) is 0 Å². The van der Waals surface area contributed by atoms with Gasteiger partial charge in [-0.1, -0.05) is 0 Å². The number of hydrogen-bond donors (Lipinski definition) is 0. The fourth-order valence-electron chi connectivity index (χ4n) is 1.49. The molecule has 0 spiro atoms. The van der Waals surface area contributed by atoms with Crippen LogP contribution in [0.2, 0.25) is 0 Å². The summed E-state index contributed by atoms with van der Waals surface area (Å²) in [6.45, 7) is 0. The molecule has 0 aliphatic heterocycles. The molecule has 1 aromatic carbocycles. The second-order valence-corrected chi connectivity index (χ2v) is 3.42. The van der Waals surface area contributed by atoms with Crippen molar-refractivity contribution in [2.24, 2.45) is 7.05 Å². The zero-order valence-electron chi connectivity index (χ0n) is 9.18. The molecule has 1 heterocycles. The van der Waals surface area contributed by atoms with Gasteiger partial charge in [-0.15, -0.1) is 0 Å². The molecule has 4 heteroatoms. The van der Waals surface area contributed by atoms with E-state index in [0.29, 0.717) is 5.69 Å². The first-order valence-corrected chi connectivity index (χ1v) is 4.88. The molecule has 0 saturated heterocycles. The smallest absolute Gasteiger partial charge is 0.168 e. The van der Waals surface area contributed by atoms with E-state index >= 15 is 0 Å². The normalized spacial score (nSPS) is 10.1. The Kier molecular flexibility index (Phi) is 2.72. The quantitative estimate of drug-likeness (QED) is 0.736. The Hall–Kier alpha value is -2.10. The Labute approximate surface area is 93.5 Å². The monoisotopic (exact) mass is 216 g/mol. The van der Waals surface area contributed by atoms with Crippen LogP contribution in [0.25, 0.3) is 11.3 Å². The maximum atomic E-state index is 10.7. The van der Waals surface area contributed by atoms with E-state index in [9.17, 15) is 4.79 Å². The Morgan fingerprint density at radius 1 is 1.31 bits per heavy atom. The fraction of sp³-hybridized carbons (Fsp3) is 0.167. The molecular weight excluding hydrogens is 204 g/mol. The summed E-state index contributed by atoms with van der Waals surface area (Å²) in [6.07, 6.45) is 0.792. The van der Waals surface area contributed by atoms with Crippen LogP contribution in [0, 0.1) is 0 Å². The molecule has 2 aromatic rings. The Morgan fingerprint density at radius 2 is 2.00 bits per heavy atom. The molecule has 0 aliphatic rings. The maximum absolute atomic E-state index is 10.7. The van der Waals surface area contributed by atoms with Crippen molar-refractivity contribution in [1.29, 1.82) is 0 Å². The number of methoxy groups -OCH3 is 1. The standard InChI is InChI=1S/C12H12N2O2/c1-14-10(8-15)7-12(13-14)9-3-5-11(16-2)6-4-9/h3-8H,1-2H3. The summed E-state index contributed by atoms with van der Waals surface area (Å²) < 4.78 is 6.64. The number of nitrogens with zero attached hydrogens (tertiary/aromatic N) is 2. The molecule has 0 unspecified atom stereocenters. The number of benzene rings is 1. The SMILES string of the molecule is COc1ccc(-c2cc(C=O)n(C)n2)cc1. The van der Waals surface area contributed by atoms with Gasteiger partial charge in [-0.25, -0.2) is 0 Å². The topological polar surface area (TPSA) is 44.1 Å². The molecule has 0 N–H and O–H groups in total. The second-order valence-electron chi connectivity index (χ2n) is 3.42. The van der Waals surface area contributed by atoms with Gasteiger partial charge in [-0.2, -0.15) is 5.10 Å². The number of carbonyl (C=O) groups excluding carboxylic acids is 1. The first-order valence-electron chi connectivity index (χ1n) is 4.88. The number of ether oxygens (including phenoxy) is 1. The van der Waals surface area contributed by atoms with Crippen LogP contribution in [0.1, 0.15) is 10.5 Å². The zero-order chi connectivity index (χ0) is 11.5. The summed E-state index contributed by atoms with van der Waals surface area (Å²) in [5, 5.41) is 4.25. The highest BCUT2D eigenvalue weighted by Gasteiger charge is 2.06. The lowest BCUT2D eigenvalue weighted by Crippen LogP contribution is -1.95. The highest BCUT2D eigenvalue weighted by Crippen LogP contribution is 2.21. The van der Waals surface area contributed by atoms with Gasteiger partial charge in [0.15, 0.2) is 6.29 Å². The fourth-order valence-corrected chi connectivity index (χ4v) is 1.49. The molecule has 82 valence electrons. The van der Waals surface area contributed by atoms with Gasteiger partial charge in [0, 0.05) is 12.6 Å². The van der Waals surface area contributed by atoms with Crippen molar-refractivity contribution < 1.29 is 9.53 Å². The van der Waals surface area contributed by atoms with Crippen molar-refractivity contribution in [1.82, 2.24) is 9.78 Å². The van der Waals surface area contributed by atoms with Gasteiger partial charge >= 0.3 is 0 Å². The summed E-state index contributed by atoms with van der Waals surface area (Å²) in [4.78, 5) is 10.7. The van der Waals surface area contributed by atoms with E-state index in [2.05, 4.69) is 5.10 Å². The molecular formula is C12H12N2O2. The van der Waals surface area contributed by atoms with Crippen LogP contribution < -0.4 is 4.74 Å². The number of aryl methyl sites for hydroxylation is 1. The van der Waals surface area contributed by atoms with E-state index in [0.717, 1.165) is 23.3 Å². The predicted octanol–water partition coefficient (Wildman–Crippen LogP) is 1.91. The van der Waals surface area contributed by atoms with Crippen LogP contribution in [0.4, 0.5) is 0 Å². The lowest BCUT2D eigenvalue weighted by atomic mass is 10.1. The van der Waals surface area contributed by atoms with Gasteiger partial charge in [-0.3, -0.25) is 9.48 Å². The van der Waals surface area contributed by atoms with Crippen LogP contribution in [0.3, 0.4) is 0 Å². The van der Waals surface area contributed by atoms with Crippen molar-refractivity contribution in [2.75, 3.05) is 7.11 Å². The number of hydrogen-bond acceptors (Lipinski definition) is 3. The Bertz CT molecular complexity index is 500. The summed E-state index contributed by atoms with van der Waals surface area (Å²) in [5.74, 6) is 0.801. The van der Waals surface area contributed by atoms with E-state index in [1.165, 1.54) is 0 Å². The van der Waals surface area contributed by atoms with Crippen molar-refractivity contribution >= 4 is 6.29 Å². The number of aromatic nitrogens is 2. The van der Waals surface area contributed by atoms with Crippen LogP contribution in [-0.2, 0) is 7.05 Å². The van der Waals surface area contributed by atoms with E-state index in [1.807, 2.05) is 24.3 Å². The molecule has 1 aromatic heterocycles. The first-order chi connectivity index (χ1) is 7.74. The average Bonchev–Trinajstić information content (AvgIpc) is 2.71. The molecule has 0 atom stereocenters. The lowest BCUT2D eigenvalue weighted by molar-refractivity contribution is 0.111. The molecule has 16 heavy (non-hydrogen) atoms. The number of aldehydes is 1. The van der Waals surface area contributed by atoms with Crippen molar-refractivity contribution in [3.05, 3.63) is 36.0 Å². The van der Waals surface area contributed by atoms with Crippen LogP contribution >= 0.6 is 0 Å². The molecule has 0 radical (unpaired) electrons. The van der Waals surface area contributed by atoms with Crippen LogP contribution in [0.5, 0.6) is 5.75 Å². The largest absolute Gasteiger partial charge is 0.497 e. The van der Waals surface area contributed by atoms with Crippen LogP contribution in [0.15, 0.2) is 30.3 Å². The molecule has 0 amide bonds. The predicted molar refractivity (Wildman–Crippen MR) is 60.6 cm³/mol. The molecule has 0 saturated carbocycles. The average molecular weight is 216 g/mol. The van der Waals surface area contributed by atoms with Gasteiger partial charge in [0.25, 0.3) is 0 Å². The summed E-state index contributed by atoms with van der Waals surface area (Å²) in [5.41, 5.74) is 2.31. The summed E-state index contributed by atoms with van der Waals surface area (Å²) in [7, 11) is 3.37. The summed E-state index contributed by atoms with van der Waals surface area (Å²) >= 11 is 0. The van der Waals surface area contributed by atoms with Gasteiger partial charge < -0.3 is 4.74 Å². The highest BCUT2D eigenvalue weighted by molar-refractivity contribution is 5.75. The van der Waals surface area contributed by atoms with E-state index in [4.69, 9.17) is 4.74 Å². The molecule has 0 bridgehead atoms. The third-order valence-corrected chi connectivity index (χ3v) is 2.42. The van der Waals surface area contributed by atoms with E-state index in [-0.39, 0.29) is 0 Å². The Balaban J connectivity index is 2.38. The van der Waals surface area contributed by atoms with Gasteiger partial charge in [0.2, 0.25) is 0 Å². The minimum absolute atomic E-state index is 0.561. The first kappa shape index (κ1) is 10.4. The molecule has 2 rings (SSSR count). The third kappa shape index (κ3) is 1.82. The number of carbonyl (C=O) groups is 1. The lowest BCUT2D eigenvalue weighted by Gasteiger charge is -2.00. The third-order valence-electron chi connectivity index (χ3n) is 2.42. The van der Waals surface area contributed by atoms with Crippen molar-refractivity contribution in [3.8, 4) is 17.0 Å². The number of rotatable bonds is 3. The molecule has 0 fully saturated rings. The maximum Gasteiger partial charge on any atom is 0.168 e. The van der Waals surface area contributed by atoms with E-state index < -0.39 is 0 Å². The second kappa shape index (κ2) is 4.18. The zero-order valence-corrected chi connectivity index (χ0v) is 9.18. The summed E-state index contributed by atoms with van der Waals surface area (Å²) in [6, 6.07) is 9.31. The van der Waals surface area contributed by atoms with Crippen LogP contribution in [-0.4, -0.2) is 23.2 Å².